The first-order valence-electron chi connectivity index (χ1n) is 7.28. The van der Waals surface area contributed by atoms with Gasteiger partial charge in [0.15, 0.2) is 0 Å². The van der Waals surface area contributed by atoms with Crippen LogP contribution in [0.2, 0.25) is 0 Å². The molecule has 0 saturated heterocycles. The zero-order chi connectivity index (χ0) is 11.9. The third-order valence-electron chi connectivity index (χ3n) is 4.27. The number of nitrogens with one attached hydrogen (secondary N) is 1. The van der Waals surface area contributed by atoms with Crippen LogP contribution in [-0.4, -0.2) is 25.1 Å². The fourth-order valence-corrected chi connectivity index (χ4v) is 3.76. The molecular formula is C15H27NS. The van der Waals surface area contributed by atoms with Crippen molar-refractivity contribution in [3.8, 4) is 0 Å². The molecule has 1 fully saturated rings. The molecule has 2 rings (SSSR count). The van der Waals surface area contributed by atoms with Crippen LogP contribution in [0.5, 0.6) is 0 Å². The maximum atomic E-state index is 3.66. The Labute approximate surface area is 111 Å². The average Bonchev–Trinajstić information content (AvgIpc) is 2.94. The Morgan fingerprint density at radius 3 is 2.71 bits per heavy atom. The number of rotatable bonds is 9. The summed E-state index contributed by atoms with van der Waals surface area (Å²) in [6.07, 6.45) is 15.6. The number of fused-ring (bicyclic) bond motifs is 2. The van der Waals surface area contributed by atoms with E-state index in [-0.39, 0.29) is 0 Å². The van der Waals surface area contributed by atoms with Crippen molar-refractivity contribution in [2.24, 2.45) is 17.8 Å². The zero-order valence-electron chi connectivity index (χ0n) is 11.2. The van der Waals surface area contributed by atoms with Crippen molar-refractivity contribution in [1.82, 2.24) is 5.32 Å². The van der Waals surface area contributed by atoms with Gasteiger partial charge >= 0.3 is 0 Å². The van der Waals surface area contributed by atoms with Crippen molar-refractivity contribution in [2.75, 3.05) is 25.1 Å². The summed E-state index contributed by atoms with van der Waals surface area (Å²) in [7, 11) is 0. The fourth-order valence-electron chi connectivity index (χ4n) is 3.27. The van der Waals surface area contributed by atoms with Crippen LogP contribution in [0.15, 0.2) is 12.2 Å². The smallest absolute Gasteiger partial charge is 0.00147 e. The molecule has 3 atom stereocenters. The van der Waals surface area contributed by atoms with Gasteiger partial charge in [-0.25, -0.2) is 0 Å². The summed E-state index contributed by atoms with van der Waals surface area (Å²) in [5.74, 6) is 4.12. The Hall–Kier alpha value is 0.0500. The molecule has 0 aliphatic heterocycles. The molecule has 0 amide bonds. The van der Waals surface area contributed by atoms with Crippen molar-refractivity contribution < 1.29 is 0 Å². The SMILES string of the molecule is CSCCCCCCNCC1CC2C=CC1C2. The van der Waals surface area contributed by atoms with E-state index >= 15 is 0 Å². The second-order valence-corrected chi connectivity index (χ2v) is 6.64. The lowest BCUT2D eigenvalue weighted by atomic mass is 9.93. The van der Waals surface area contributed by atoms with Gasteiger partial charge in [-0.2, -0.15) is 11.8 Å². The molecule has 2 bridgehead atoms. The summed E-state index contributed by atoms with van der Waals surface area (Å²) in [5.41, 5.74) is 0. The first-order chi connectivity index (χ1) is 8.40. The van der Waals surface area contributed by atoms with E-state index in [1.807, 2.05) is 11.8 Å². The van der Waals surface area contributed by atoms with Crippen molar-refractivity contribution in [3.05, 3.63) is 12.2 Å². The summed E-state index contributed by atoms with van der Waals surface area (Å²) >= 11 is 1.97. The van der Waals surface area contributed by atoms with Gasteiger partial charge in [-0.05, 0) is 68.5 Å². The van der Waals surface area contributed by atoms with Crippen LogP contribution < -0.4 is 5.32 Å². The van der Waals surface area contributed by atoms with E-state index in [1.165, 1.54) is 57.4 Å². The highest BCUT2D eigenvalue weighted by atomic mass is 32.2. The van der Waals surface area contributed by atoms with Gasteiger partial charge in [0, 0.05) is 0 Å². The first-order valence-corrected chi connectivity index (χ1v) is 8.67. The van der Waals surface area contributed by atoms with Crippen molar-refractivity contribution >= 4 is 11.8 Å². The van der Waals surface area contributed by atoms with Gasteiger partial charge in [-0.3, -0.25) is 0 Å². The number of hydrogen-bond donors (Lipinski definition) is 1. The Morgan fingerprint density at radius 1 is 1.12 bits per heavy atom. The summed E-state index contributed by atoms with van der Waals surface area (Å²) in [5, 5.41) is 3.66. The molecule has 2 aliphatic carbocycles. The first kappa shape index (κ1) is 13.5. The Bertz CT molecular complexity index is 239. The van der Waals surface area contributed by atoms with Crippen molar-refractivity contribution in [2.45, 2.75) is 38.5 Å². The number of unbranched alkanes of at least 4 members (excludes halogenated alkanes) is 3. The van der Waals surface area contributed by atoms with Crippen LogP contribution >= 0.6 is 11.8 Å². The minimum Gasteiger partial charge on any atom is -0.316 e. The van der Waals surface area contributed by atoms with Crippen molar-refractivity contribution in [1.29, 1.82) is 0 Å². The van der Waals surface area contributed by atoms with Crippen LogP contribution in [-0.2, 0) is 0 Å². The van der Waals surface area contributed by atoms with Gasteiger partial charge in [0.1, 0.15) is 0 Å². The van der Waals surface area contributed by atoms with E-state index in [0.29, 0.717) is 0 Å². The van der Waals surface area contributed by atoms with E-state index in [4.69, 9.17) is 0 Å². The molecule has 0 aromatic heterocycles. The third kappa shape index (κ3) is 4.33. The second kappa shape index (κ2) is 7.48. The average molecular weight is 253 g/mol. The molecule has 2 aliphatic rings. The Morgan fingerprint density at radius 2 is 2.00 bits per heavy atom. The molecular weight excluding hydrogens is 226 g/mol. The number of thioether (sulfide) groups is 1. The number of hydrogen-bond acceptors (Lipinski definition) is 2. The van der Waals surface area contributed by atoms with Crippen LogP contribution in [0.4, 0.5) is 0 Å². The summed E-state index contributed by atoms with van der Waals surface area (Å²) in [6.45, 7) is 2.49. The van der Waals surface area contributed by atoms with E-state index < -0.39 is 0 Å². The highest BCUT2D eigenvalue weighted by molar-refractivity contribution is 7.98. The third-order valence-corrected chi connectivity index (χ3v) is 4.97. The molecule has 2 heteroatoms. The van der Waals surface area contributed by atoms with Gasteiger partial charge < -0.3 is 5.32 Å². The molecule has 0 aromatic rings. The van der Waals surface area contributed by atoms with Crippen LogP contribution in [0.1, 0.15) is 38.5 Å². The highest BCUT2D eigenvalue weighted by Crippen LogP contribution is 2.42. The topological polar surface area (TPSA) is 12.0 Å². The van der Waals surface area contributed by atoms with Crippen LogP contribution in [0, 0.1) is 17.8 Å². The summed E-state index contributed by atoms with van der Waals surface area (Å²) in [4.78, 5) is 0. The maximum absolute atomic E-state index is 3.66. The highest BCUT2D eigenvalue weighted by Gasteiger charge is 2.34. The predicted octanol–water partition coefficient (Wildman–Crippen LogP) is 3.71. The fraction of sp³-hybridized carbons (Fsp3) is 0.867. The van der Waals surface area contributed by atoms with E-state index in [2.05, 4.69) is 23.7 Å². The lowest BCUT2D eigenvalue weighted by molar-refractivity contribution is 0.411. The molecule has 0 spiro atoms. The van der Waals surface area contributed by atoms with Gasteiger partial charge in [-0.1, -0.05) is 25.0 Å². The lowest BCUT2D eigenvalue weighted by Crippen LogP contribution is -2.26. The molecule has 1 N–H and O–H groups in total. The normalized spacial score (nSPS) is 30.3. The minimum absolute atomic E-state index is 0.911. The zero-order valence-corrected chi connectivity index (χ0v) is 12.0. The molecule has 17 heavy (non-hydrogen) atoms. The van der Waals surface area contributed by atoms with E-state index in [0.717, 1.165) is 17.8 Å². The monoisotopic (exact) mass is 253 g/mol. The molecule has 0 radical (unpaired) electrons. The minimum atomic E-state index is 0.911. The Balaban J connectivity index is 1.41. The van der Waals surface area contributed by atoms with Gasteiger partial charge in [0.05, 0.1) is 0 Å². The van der Waals surface area contributed by atoms with E-state index in [9.17, 15) is 0 Å². The van der Waals surface area contributed by atoms with Crippen LogP contribution in [0.3, 0.4) is 0 Å². The van der Waals surface area contributed by atoms with Gasteiger partial charge in [0.2, 0.25) is 0 Å². The molecule has 0 aromatic carbocycles. The maximum Gasteiger partial charge on any atom is -0.00147 e. The quantitative estimate of drug-likeness (QED) is 0.496. The molecule has 98 valence electrons. The predicted molar refractivity (Wildman–Crippen MR) is 78.6 cm³/mol. The second-order valence-electron chi connectivity index (χ2n) is 5.65. The summed E-state index contributed by atoms with van der Waals surface area (Å²) in [6, 6.07) is 0. The lowest BCUT2D eigenvalue weighted by Gasteiger charge is -2.18. The molecule has 1 saturated carbocycles. The summed E-state index contributed by atoms with van der Waals surface area (Å²) < 4.78 is 0. The van der Waals surface area contributed by atoms with E-state index in [1.54, 1.807) is 0 Å². The van der Waals surface area contributed by atoms with Gasteiger partial charge in [-0.15, -0.1) is 0 Å². The van der Waals surface area contributed by atoms with Crippen LogP contribution in [0.25, 0.3) is 0 Å². The Kier molecular flexibility index (Phi) is 5.93. The number of allylic oxidation sites excluding steroid dienone is 2. The molecule has 0 heterocycles. The largest absolute Gasteiger partial charge is 0.316 e. The molecule has 1 nitrogen and oxygen atoms in total. The van der Waals surface area contributed by atoms with Gasteiger partial charge in [0.25, 0.3) is 0 Å². The standard InChI is InChI=1S/C15H27NS/c1-17-9-5-3-2-4-8-16-12-15-11-13-6-7-14(15)10-13/h6-7,13-16H,2-5,8-12H2,1H3. The molecule has 3 unspecified atom stereocenters. The van der Waals surface area contributed by atoms with Crippen molar-refractivity contribution in [3.63, 3.8) is 0 Å².